The summed E-state index contributed by atoms with van der Waals surface area (Å²) >= 11 is 0. The Balaban J connectivity index is 2.46. The molecule has 1 aromatic heterocycles. The number of rotatable bonds is 3. The Kier molecular flexibility index (Phi) is 3.50. The SMILES string of the molecule is Cc1cc(-c2ccc(F)c(F)c2)nc(CC(=O)O)n1. The zero-order valence-electron chi connectivity index (χ0n) is 10.0. The van der Waals surface area contributed by atoms with Crippen molar-refractivity contribution in [2.24, 2.45) is 0 Å². The van der Waals surface area contributed by atoms with Gasteiger partial charge in [0.25, 0.3) is 0 Å². The number of halogens is 2. The lowest BCUT2D eigenvalue weighted by molar-refractivity contribution is -0.136. The number of carboxylic acid groups (broad SMARTS) is 1. The third kappa shape index (κ3) is 3.09. The molecule has 0 bridgehead atoms. The predicted molar refractivity (Wildman–Crippen MR) is 63.5 cm³/mol. The van der Waals surface area contributed by atoms with Crippen LogP contribution in [-0.2, 0) is 11.2 Å². The molecule has 0 fully saturated rings. The topological polar surface area (TPSA) is 63.1 Å². The first kappa shape index (κ1) is 13.1. The zero-order chi connectivity index (χ0) is 14.0. The highest BCUT2D eigenvalue weighted by molar-refractivity contribution is 5.69. The fourth-order valence-corrected chi connectivity index (χ4v) is 1.65. The Bertz CT molecular complexity index is 645. The molecule has 0 spiro atoms. The molecule has 0 saturated heterocycles. The van der Waals surface area contributed by atoms with Crippen molar-refractivity contribution in [2.45, 2.75) is 13.3 Å². The molecule has 0 aliphatic carbocycles. The molecule has 2 aromatic rings. The summed E-state index contributed by atoms with van der Waals surface area (Å²) in [4.78, 5) is 18.7. The van der Waals surface area contributed by atoms with Crippen LogP contribution in [0.5, 0.6) is 0 Å². The molecule has 0 saturated carbocycles. The Labute approximate surface area is 107 Å². The zero-order valence-corrected chi connectivity index (χ0v) is 10.0. The van der Waals surface area contributed by atoms with E-state index in [-0.39, 0.29) is 12.2 Å². The van der Waals surface area contributed by atoms with Crippen molar-refractivity contribution in [1.82, 2.24) is 9.97 Å². The van der Waals surface area contributed by atoms with E-state index in [0.29, 0.717) is 17.0 Å². The molecule has 0 radical (unpaired) electrons. The third-order valence-electron chi connectivity index (χ3n) is 2.43. The summed E-state index contributed by atoms with van der Waals surface area (Å²) in [6.45, 7) is 1.68. The van der Waals surface area contributed by atoms with E-state index in [1.54, 1.807) is 13.0 Å². The minimum absolute atomic E-state index is 0.132. The molecule has 1 N–H and O–H groups in total. The van der Waals surface area contributed by atoms with Crippen molar-refractivity contribution >= 4 is 5.97 Å². The number of benzene rings is 1. The van der Waals surface area contributed by atoms with Gasteiger partial charge in [-0.1, -0.05) is 0 Å². The molecule has 4 nitrogen and oxygen atoms in total. The minimum atomic E-state index is -1.05. The number of carbonyl (C=O) groups is 1. The van der Waals surface area contributed by atoms with Gasteiger partial charge in [-0.15, -0.1) is 0 Å². The average Bonchev–Trinajstić information content (AvgIpc) is 2.31. The lowest BCUT2D eigenvalue weighted by Crippen LogP contribution is -2.06. The largest absolute Gasteiger partial charge is 0.481 e. The smallest absolute Gasteiger partial charge is 0.311 e. The normalized spacial score (nSPS) is 10.5. The molecule has 0 aliphatic heterocycles. The molecule has 0 aliphatic rings. The number of nitrogens with zero attached hydrogens (tertiary/aromatic N) is 2. The van der Waals surface area contributed by atoms with Gasteiger partial charge >= 0.3 is 5.97 Å². The number of hydrogen-bond donors (Lipinski definition) is 1. The predicted octanol–water partition coefficient (Wildman–Crippen LogP) is 2.36. The van der Waals surface area contributed by atoms with Crippen molar-refractivity contribution in [1.29, 1.82) is 0 Å². The summed E-state index contributed by atoms with van der Waals surface area (Å²) in [5, 5.41) is 8.71. The van der Waals surface area contributed by atoms with E-state index in [1.165, 1.54) is 6.07 Å². The van der Waals surface area contributed by atoms with Gasteiger partial charge in [0.1, 0.15) is 12.2 Å². The lowest BCUT2D eigenvalue weighted by Gasteiger charge is -2.05. The molecule has 19 heavy (non-hydrogen) atoms. The van der Waals surface area contributed by atoms with Crippen molar-refractivity contribution in [3.63, 3.8) is 0 Å². The van der Waals surface area contributed by atoms with E-state index < -0.39 is 17.6 Å². The van der Waals surface area contributed by atoms with Crippen molar-refractivity contribution in [3.8, 4) is 11.3 Å². The molecular formula is C13H10F2N2O2. The fourth-order valence-electron chi connectivity index (χ4n) is 1.65. The Morgan fingerprint density at radius 1 is 1.21 bits per heavy atom. The van der Waals surface area contributed by atoms with Crippen LogP contribution in [0.4, 0.5) is 8.78 Å². The van der Waals surface area contributed by atoms with Crippen LogP contribution in [-0.4, -0.2) is 21.0 Å². The van der Waals surface area contributed by atoms with Gasteiger partial charge in [-0.05, 0) is 31.2 Å². The number of hydrogen-bond acceptors (Lipinski definition) is 3. The molecule has 0 unspecified atom stereocenters. The maximum Gasteiger partial charge on any atom is 0.311 e. The highest BCUT2D eigenvalue weighted by atomic mass is 19.2. The van der Waals surface area contributed by atoms with Gasteiger partial charge in [0, 0.05) is 11.3 Å². The molecule has 1 aromatic carbocycles. The quantitative estimate of drug-likeness (QED) is 0.924. The summed E-state index contributed by atoms with van der Waals surface area (Å²) in [5.74, 6) is -2.84. The molecule has 0 amide bonds. The number of aliphatic carboxylic acids is 1. The van der Waals surface area contributed by atoms with Gasteiger partial charge in [0.15, 0.2) is 11.6 Å². The summed E-state index contributed by atoms with van der Waals surface area (Å²) < 4.78 is 26.0. The first-order valence-electron chi connectivity index (χ1n) is 5.47. The summed E-state index contributed by atoms with van der Waals surface area (Å²) in [5.41, 5.74) is 1.30. The molecule has 98 valence electrons. The number of aromatic nitrogens is 2. The van der Waals surface area contributed by atoms with Gasteiger partial charge < -0.3 is 5.11 Å². The summed E-state index contributed by atoms with van der Waals surface area (Å²) in [7, 11) is 0. The molecule has 1 heterocycles. The van der Waals surface area contributed by atoms with E-state index >= 15 is 0 Å². The van der Waals surface area contributed by atoms with Crippen LogP contribution in [0.3, 0.4) is 0 Å². The van der Waals surface area contributed by atoms with Crippen LogP contribution >= 0.6 is 0 Å². The van der Waals surface area contributed by atoms with Crippen LogP contribution in [0.15, 0.2) is 24.3 Å². The van der Waals surface area contributed by atoms with Crippen molar-refractivity contribution < 1.29 is 18.7 Å². The Morgan fingerprint density at radius 2 is 1.95 bits per heavy atom. The monoisotopic (exact) mass is 264 g/mol. The fraction of sp³-hybridized carbons (Fsp3) is 0.154. The van der Waals surface area contributed by atoms with Gasteiger partial charge in [-0.3, -0.25) is 4.79 Å². The van der Waals surface area contributed by atoms with Crippen LogP contribution in [0.1, 0.15) is 11.5 Å². The van der Waals surface area contributed by atoms with Gasteiger partial charge in [-0.2, -0.15) is 0 Å². The van der Waals surface area contributed by atoms with Crippen molar-refractivity contribution in [2.75, 3.05) is 0 Å². The van der Waals surface area contributed by atoms with Crippen LogP contribution in [0.25, 0.3) is 11.3 Å². The number of aryl methyl sites for hydroxylation is 1. The molecular weight excluding hydrogens is 254 g/mol. The van der Waals surface area contributed by atoms with E-state index in [4.69, 9.17) is 5.11 Å². The van der Waals surface area contributed by atoms with E-state index in [0.717, 1.165) is 12.1 Å². The van der Waals surface area contributed by atoms with Gasteiger partial charge in [-0.25, -0.2) is 18.7 Å². The Morgan fingerprint density at radius 3 is 2.58 bits per heavy atom. The summed E-state index contributed by atoms with van der Waals surface area (Å²) in [6, 6.07) is 4.98. The maximum atomic E-state index is 13.2. The van der Waals surface area contributed by atoms with Crippen molar-refractivity contribution in [3.05, 3.63) is 47.4 Å². The second kappa shape index (κ2) is 5.09. The van der Waals surface area contributed by atoms with Crippen LogP contribution in [0.2, 0.25) is 0 Å². The second-order valence-electron chi connectivity index (χ2n) is 4.01. The van der Waals surface area contributed by atoms with E-state index in [1.807, 2.05) is 0 Å². The Hall–Kier alpha value is -2.37. The van der Waals surface area contributed by atoms with Gasteiger partial charge in [0.05, 0.1) is 5.69 Å². The highest BCUT2D eigenvalue weighted by Crippen LogP contribution is 2.20. The highest BCUT2D eigenvalue weighted by Gasteiger charge is 2.10. The molecule has 6 heteroatoms. The lowest BCUT2D eigenvalue weighted by atomic mass is 10.1. The second-order valence-corrected chi connectivity index (χ2v) is 4.01. The minimum Gasteiger partial charge on any atom is -0.481 e. The standard InChI is InChI=1S/C13H10F2N2O2/c1-7-4-11(17-12(16-7)6-13(18)19)8-2-3-9(14)10(15)5-8/h2-5H,6H2,1H3,(H,18,19). The molecule has 2 rings (SSSR count). The number of carboxylic acids is 1. The summed E-state index contributed by atoms with van der Waals surface area (Å²) in [6.07, 6.45) is -0.321. The third-order valence-corrected chi connectivity index (χ3v) is 2.43. The van der Waals surface area contributed by atoms with E-state index in [2.05, 4.69) is 9.97 Å². The van der Waals surface area contributed by atoms with Crippen LogP contribution in [0, 0.1) is 18.6 Å². The first-order valence-corrected chi connectivity index (χ1v) is 5.47. The first-order chi connectivity index (χ1) is 8.95. The van der Waals surface area contributed by atoms with E-state index in [9.17, 15) is 13.6 Å². The average molecular weight is 264 g/mol. The maximum absolute atomic E-state index is 13.2. The molecule has 0 atom stereocenters. The van der Waals surface area contributed by atoms with Gasteiger partial charge in [0.2, 0.25) is 0 Å². The van der Waals surface area contributed by atoms with Crippen LogP contribution < -0.4 is 0 Å².